The molecule has 4 heteroatoms. The molecule has 0 aliphatic carbocycles. The summed E-state index contributed by atoms with van der Waals surface area (Å²) in [6, 6.07) is 17.0. The maximum atomic E-state index is 12.1. The van der Waals surface area contributed by atoms with Crippen LogP contribution >= 0.6 is 0 Å². The number of benzene rings is 2. The lowest BCUT2D eigenvalue weighted by molar-refractivity contribution is 0.0636. The van der Waals surface area contributed by atoms with E-state index >= 15 is 0 Å². The Hall–Kier alpha value is -2.33. The number of anilines is 1. The van der Waals surface area contributed by atoms with E-state index in [2.05, 4.69) is 66.5 Å². The Labute approximate surface area is 163 Å². The average Bonchev–Trinajstić information content (AvgIpc) is 2.60. The summed E-state index contributed by atoms with van der Waals surface area (Å²) < 4.78 is 5.38. The number of nitrogens with one attached hydrogen (secondary N) is 1. The monoisotopic (exact) mass is 368 g/mol. The molecule has 0 fully saturated rings. The van der Waals surface area contributed by atoms with Crippen LogP contribution in [0.2, 0.25) is 0 Å². The van der Waals surface area contributed by atoms with Crippen LogP contribution in [-0.4, -0.2) is 23.1 Å². The molecule has 1 atom stereocenters. The first-order chi connectivity index (χ1) is 12.7. The lowest BCUT2D eigenvalue weighted by Gasteiger charge is -2.29. The van der Waals surface area contributed by atoms with Crippen LogP contribution in [0.1, 0.15) is 57.4 Å². The fraction of sp³-hybridized carbons (Fsp3) is 0.435. The fourth-order valence-electron chi connectivity index (χ4n) is 3.00. The number of aryl methyl sites for hydroxylation is 1. The van der Waals surface area contributed by atoms with Crippen LogP contribution in [0.5, 0.6) is 0 Å². The van der Waals surface area contributed by atoms with Crippen molar-refractivity contribution < 1.29 is 9.53 Å². The highest BCUT2D eigenvalue weighted by Crippen LogP contribution is 2.27. The van der Waals surface area contributed by atoms with E-state index in [1.807, 2.05) is 33.8 Å². The van der Waals surface area contributed by atoms with Gasteiger partial charge < -0.3 is 4.74 Å². The largest absolute Gasteiger partial charge is 0.444 e. The SMILES string of the molecule is CCN(Cc1ccccc1)[C@H](C)c1ccc(C)c(NC(=O)OC(C)(C)C)c1. The smallest absolute Gasteiger partial charge is 0.412 e. The molecule has 0 saturated heterocycles. The molecule has 2 aromatic carbocycles. The predicted molar refractivity (Wildman–Crippen MR) is 112 cm³/mol. The molecular weight excluding hydrogens is 336 g/mol. The lowest BCUT2D eigenvalue weighted by Crippen LogP contribution is -2.28. The van der Waals surface area contributed by atoms with Gasteiger partial charge in [-0.2, -0.15) is 0 Å². The minimum atomic E-state index is -0.516. The van der Waals surface area contributed by atoms with Crippen molar-refractivity contribution in [2.75, 3.05) is 11.9 Å². The molecule has 0 heterocycles. The Kier molecular flexibility index (Phi) is 7.03. The highest BCUT2D eigenvalue weighted by atomic mass is 16.6. The average molecular weight is 369 g/mol. The summed E-state index contributed by atoms with van der Waals surface area (Å²) in [5, 5.41) is 2.89. The van der Waals surface area contributed by atoms with Gasteiger partial charge in [0.25, 0.3) is 0 Å². The molecule has 0 saturated carbocycles. The van der Waals surface area contributed by atoms with Gasteiger partial charge >= 0.3 is 6.09 Å². The molecule has 27 heavy (non-hydrogen) atoms. The van der Waals surface area contributed by atoms with Crippen LogP contribution in [-0.2, 0) is 11.3 Å². The van der Waals surface area contributed by atoms with Crippen LogP contribution in [0, 0.1) is 6.92 Å². The van der Waals surface area contributed by atoms with Gasteiger partial charge in [0.05, 0.1) is 0 Å². The van der Waals surface area contributed by atoms with Gasteiger partial charge in [-0.15, -0.1) is 0 Å². The maximum Gasteiger partial charge on any atom is 0.412 e. The first-order valence-corrected chi connectivity index (χ1v) is 9.58. The Morgan fingerprint density at radius 2 is 1.81 bits per heavy atom. The molecule has 0 bridgehead atoms. The Morgan fingerprint density at radius 3 is 2.41 bits per heavy atom. The van der Waals surface area contributed by atoms with E-state index in [0.29, 0.717) is 0 Å². The molecule has 4 nitrogen and oxygen atoms in total. The van der Waals surface area contributed by atoms with Crippen LogP contribution < -0.4 is 5.32 Å². The number of amides is 1. The molecular formula is C23H32N2O2. The molecule has 1 amide bonds. The van der Waals surface area contributed by atoms with Crippen LogP contribution in [0.3, 0.4) is 0 Å². The summed E-state index contributed by atoms with van der Waals surface area (Å²) in [7, 11) is 0. The second-order valence-corrected chi connectivity index (χ2v) is 7.93. The maximum absolute atomic E-state index is 12.1. The first-order valence-electron chi connectivity index (χ1n) is 9.58. The minimum Gasteiger partial charge on any atom is -0.444 e. The van der Waals surface area contributed by atoms with Gasteiger partial charge in [0.2, 0.25) is 0 Å². The van der Waals surface area contributed by atoms with E-state index in [0.717, 1.165) is 24.3 Å². The van der Waals surface area contributed by atoms with Crippen LogP contribution in [0.25, 0.3) is 0 Å². The third kappa shape index (κ3) is 6.40. The molecule has 0 radical (unpaired) electrons. The van der Waals surface area contributed by atoms with Gasteiger partial charge in [-0.05, 0) is 63.9 Å². The Morgan fingerprint density at radius 1 is 1.15 bits per heavy atom. The van der Waals surface area contributed by atoms with Crippen molar-refractivity contribution in [1.29, 1.82) is 0 Å². The van der Waals surface area contributed by atoms with Crippen LogP contribution in [0.4, 0.5) is 10.5 Å². The number of rotatable bonds is 6. The van der Waals surface area contributed by atoms with Gasteiger partial charge in [0.1, 0.15) is 5.60 Å². The van der Waals surface area contributed by atoms with Crippen molar-refractivity contribution in [3.63, 3.8) is 0 Å². The summed E-state index contributed by atoms with van der Waals surface area (Å²) in [4.78, 5) is 14.6. The molecule has 0 unspecified atom stereocenters. The van der Waals surface area contributed by atoms with Gasteiger partial charge in [-0.3, -0.25) is 10.2 Å². The van der Waals surface area contributed by atoms with E-state index in [-0.39, 0.29) is 6.04 Å². The van der Waals surface area contributed by atoms with E-state index < -0.39 is 11.7 Å². The fourth-order valence-corrected chi connectivity index (χ4v) is 3.00. The number of hydrogen-bond acceptors (Lipinski definition) is 3. The van der Waals surface area contributed by atoms with Crippen molar-refractivity contribution in [3.05, 3.63) is 65.2 Å². The summed E-state index contributed by atoms with van der Waals surface area (Å²) >= 11 is 0. The summed E-state index contributed by atoms with van der Waals surface area (Å²) in [5.74, 6) is 0. The zero-order valence-electron chi connectivity index (χ0n) is 17.4. The van der Waals surface area contributed by atoms with E-state index in [1.165, 1.54) is 11.1 Å². The minimum absolute atomic E-state index is 0.231. The molecule has 2 rings (SSSR count). The molecule has 0 aromatic heterocycles. The summed E-state index contributed by atoms with van der Waals surface area (Å²) in [6.45, 7) is 13.8. The standard InChI is InChI=1S/C23H32N2O2/c1-7-25(16-19-11-9-8-10-12-19)18(3)20-14-13-17(2)21(15-20)24-22(26)27-23(4,5)6/h8-15,18H,7,16H2,1-6H3,(H,24,26)/t18-/m1/s1. The van der Waals surface area contributed by atoms with Crippen molar-refractivity contribution in [2.45, 2.75) is 59.7 Å². The predicted octanol–water partition coefficient (Wildman–Crippen LogP) is 5.93. The molecule has 0 aliphatic heterocycles. The zero-order valence-corrected chi connectivity index (χ0v) is 17.4. The van der Waals surface area contributed by atoms with Crippen molar-refractivity contribution in [3.8, 4) is 0 Å². The molecule has 0 aliphatic rings. The second kappa shape index (κ2) is 9.05. The van der Waals surface area contributed by atoms with Gasteiger partial charge in [-0.1, -0.05) is 49.4 Å². The number of hydrogen-bond donors (Lipinski definition) is 1. The number of carbonyl (C=O) groups is 1. The normalized spacial score (nSPS) is 12.7. The molecule has 2 aromatic rings. The summed E-state index contributed by atoms with van der Waals surface area (Å²) in [6.07, 6.45) is -0.424. The number of carbonyl (C=O) groups excluding carboxylic acids is 1. The number of ether oxygens (including phenoxy) is 1. The first kappa shape index (κ1) is 21.0. The van der Waals surface area contributed by atoms with Crippen LogP contribution in [0.15, 0.2) is 48.5 Å². The zero-order chi connectivity index (χ0) is 20.0. The molecule has 146 valence electrons. The van der Waals surface area contributed by atoms with Gasteiger partial charge in [0.15, 0.2) is 0 Å². The Balaban J connectivity index is 2.16. The molecule has 1 N–H and O–H groups in total. The lowest BCUT2D eigenvalue weighted by atomic mass is 10.0. The Bertz CT molecular complexity index is 751. The van der Waals surface area contributed by atoms with Crippen molar-refractivity contribution in [1.82, 2.24) is 4.90 Å². The molecule has 0 spiro atoms. The van der Waals surface area contributed by atoms with E-state index in [1.54, 1.807) is 0 Å². The summed E-state index contributed by atoms with van der Waals surface area (Å²) in [5.41, 5.74) is 3.76. The van der Waals surface area contributed by atoms with Gasteiger partial charge in [-0.25, -0.2) is 4.79 Å². The van der Waals surface area contributed by atoms with E-state index in [9.17, 15) is 4.79 Å². The third-order valence-electron chi connectivity index (χ3n) is 4.56. The highest BCUT2D eigenvalue weighted by Gasteiger charge is 2.19. The van der Waals surface area contributed by atoms with Crippen molar-refractivity contribution in [2.24, 2.45) is 0 Å². The van der Waals surface area contributed by atoms with Gasteiger partial charge in [0, 0.05) is 18.3 Å². The second-order valence-electron chi connectivity index (χ2n) is 7.93. The topological polar surface area (TPSA) is 41.6 Å². The number of nitrogens with zero attached hydrogens (tertiary/aromatic N) is 1. The van der Waals surface area contributed by atoms with E-state index in [4.69, 9.17) is 4.74 Å². The quantitative estimate of drug-likeness (QED) is 0.687. The third-order valence-corrected chi connectivity index (χ3v) is 4.56. The highest BCUT2D eigenvalue weighted by molar-refractivity contribution is 5.86. The van der Waals surface area contributed by atoms with Crippen molar-refractivity contribution >= 4 is 11.8 Å².